The van der Waals surface area contributed by atoms with Crippen LogP contribution in [0, 0.1) is 6.92 Å². The zero-order valence-corrected chi connectivity index (χ0v) is 16.7. The molecule has 2 aromatic carbocycles. The van der Waals surface area contributed by atoms with Crippen LogP contribution in [0.1, 0.15) is 30.0 Å². The van der Waals surface area contributed by atoms with Gasteiger partial charge in [-0.15, -0.1) is 5.10 Å². The molecule has 2 heterocycles. The highest BCUT2D eigenvalue weighted by molar-refractivity contribution is 6.07. The molecule has 148 valence electrons. The predicted octanol–water partition coefficient (Wildman–Crippen LogP) is 3.80. The van der Waals surface area contributed by atoms with Crippen LogP contribution in [0.2, 0.25) is 0 Å². The number of methoxy groups -OCH3 is 2. The van der Waals surface area contributed by atoms with E-state index in [1.54, 1.807) is 26.4 Å². The summed E-state index contributed by atoms with van der Waals surface area (Å²) in [5, 5.41) is 6.72. The number of hydrazone groups is 1. The van der Waals surface area contributed by atoms with Crippen LogP contribution in [0.25, 0.3) is 10.9 Å². The Morgan fingerprint density at radius 1 is 1.10 bits per heavy atom. The highest BCUT2D eigenvalue weighted by Crippen LogP contribution is 2.38. The molecule has 0 saturated heterocycles. The highest BCUT2D eigenvalue weighted by Gasteiger charge is 2.35. The van der Waals surface area contributed by atoms with Gasteiger partial charge in [0.15, 0.2) is 0 Å². The van der Waals surface area contributed by atoms with Crippen molar-refractivity contribution in [3.63, 3.8) is 0 Å². The summed E-state index contributed by atoms with van der Waals surface area (Å²) < 4.78 is 17.0. The van der Waals surface area contributed by atoms with Crippen LogP contribution < -0.4 is 9.47 Å². The van der Waals surface area contributed by atoms with Crippen LogP contribution >= 0.6 is 0 Å². The first-order valence-electron chi connectivity index (χ1n) is 9.15. The van der Waals surface area contributed by atoms with E-state index in [1.807, 2.05) is 43.3 Å². The van der Waals surface area contributed by atoms with Crippen molar-refractivity contribution >= 4 is 22.7 Å². The predicted molar refractivity (Wildman–Crippen MR) is 109 cm³/mol. The lowest BCUT2D eigenvalue weighted by atomic mass is 10.1. The lowest BCUT2D eigenvalue weighted by Gasteiger charge is -2.21. The number of pyridine rings is 1. The van der Waals surface area contributed by atoms with Crippen LogP contribution in [-0.2, 0) is 9.53 Å². The van der Waals surface area contributed by atoms with E-state index < -0.39 is 6.23 Å². The SMILES string of the molecule is COc1ccc([C@@H]2OC(c3cc(C)nc4ccccc34)=NN2C(C)=O)c(OC)c1. The first kappa shape index (κ1) is 18.7. The van der Waals surface area contributed by atoms with E-state index in [0.29, 0.717) is 23.0 Å². The number of carbonyl (C=O) groups excluding carboxylic acids is 1. The lowest BCUT2D eigenvalue weighted by Crippen LogP contribution is -2.25. The van der Waals surface area contributed by atoms with E-state index in [2.05, 4.69) is 10.1 Å². The van der Waals surface area contributed by atoms with Crippen molar-refractivity contribution in [3.05, 3.63) is 65.4 Å². The smallest absolute Gasteiger partial charge is 0.243 e. The first-order valence-corrected chi connectivity index (χ1v) is 9.15. The second kappa shape index (κ2) is 7.43. The van der Waals surface area contributed by atoms with E-state index in [-0.39, 0.29) is 5.91 Å². The van der Waals surface area contributed by atoms with Crippen molar-refractivity contribution in [2.75, 3.05) is 14.2 Å². The third kappa shape index (κ3) is 3.35. The van der Waals surface area contributed by atoms with Crippen LogP contribution in [0.3, 0.4) is 0 Å². The number of hydrogen-bond donors (Lipinski definition) is 0. The van der Waals surface area contributed by atoms with Crippen molar-refractivity contribution in [2.24, 2.45) is 5.10 Å². The Hall–Kier alpha value is -3.61. The molecule has 0 N–H and O–H groups in total. The van der Waals surface area contributed by atoms with Gasteiger partial charge in [0.2, 0.25) is 18.0 Å². The van der Waals surface area contributed by atoms with Gasteiger partial charge in [0.05, 0.1) is 25.3 Å². The summed E-state index contributed by atoms with van der Waals surface area (Å²) in [5.74, 6) is 1.32. The first-order chi connectivity index (χ1) is 14.0. The number of nitrogens with zero attached hydrogens (tertiary/aromatic N) is 3. The quantitative estimate of drug-likeness (QED) is 0.676. The normalized spacial score (nSPS) is 15.8. The summed E-state index contributed by atoms with van der Waals surface area (Å²) in [6, 6.07) is 15.0. The average Bonchev–Trinajstić information content (AvgIpc) is 3.18. The highest BCUT2D eigenvalue weighted by atomic mass is 16.5. The van der Waals surface area contributed by atoms with Gasteiger partial charge in [0.1, 0.15) is 11.5 Å². The topological polar surface area (TPSA) is 73.3 Å². The molecule has 0 unspecified atom stereocenters. The average molecular weight is 391 g/mol. The number of ether oxygens (including phenoxy) is 3. The molecule has 3 aromatic rings. The molecule has 7 heteroatoms. The molecular weight excluding hydrogens is 370 g/mol. The second-order valence-electron chi connectivity index (χ2n) is 6.68. The summed E-state index contributed by atoms with van der Waals surface area (Å²) in [6.45, 7) is 3.37. The van der Waals surface area contributed by atoms with Gasteiger partial charge in [-0.05, 0) is 31.2 Å². The molecule has 0 saturated carbocycles. The fraction of sp³-hybridized carbons (Fsp3) is 0.227. The Balaban J connectivity index is 1.80. The summed E-state index contributed by atoms with van der Waals surface area (Å²) in [5.41, 5.74) is 3.14. The third-order valence-electron chi connectivity index (χ3n) is 4.75. The molecule has 1 aliphatic rings. The molecule has 1 atom stereocenters. The maximum Gasteiger partial charge on any atom is 0.243 e. The zero-order valence-electron chi connectivity index (χ0n) is 16.7. The fourth-order valence-corrected chi connectivity index (χ4v) is 3.38. The van der Waals surface area contributed by atoms with Gasteiger partial charge < -0.3 is 14.2 Å². The lowest BCUT2D eigenvalue weighted by molar-refractivity contribution is -0.135. The summed E-state index contributed by atoms with van der Waals surface area (Å²) >= 11 is 0. The minimum Gasteiger partial charge on any atom is -0.497 e. The van der Waals surface area contributed by atoms with Crippen LogP contribution in [0.15, 0.2) is 53.6 Å². The number of aryl methyl sites for hydroxylation is 1. The van der Waals surface area contributed by atoms with E-state index >= 15 is 0 Å². The van der Waals surface area contributed by atoms with Crippen molar-refractivity contribution in [2.45, 2.75) is 20.1 Å². The molecule has 0 fully saturated rings. The van der Waals surface area contributed by atoms with Gasteiger partial charge in [-0.2, -0.15) is 5.01 Å². The van der Waals surface area contributed by atoms with Crippen molar-refractivity contribution < 1.29 is 19.0 Å². The second-order valence-corrected chi connectivity index (χ2v) is 6.68. The van der Waals surface area contributed by atoms with Crippen LogP contribution in [-0.4, -0.2) is 36.0 Å². The molecular formula is C22H21N3O4. The van der Waals surface area contributed by atoms with Crippen molar-refractivity contribution in [1.29, 1.82) is 0 Å². The summed E-state index contributed by atoms with van der Waals surface area (Å²) in [7, 11) is 3.15. The van der Waals surface area contributed by atoms with E-state index in [1.165, 1.54) is 11.9 Å². The molecule has 29 heavy (non-hydrogen) atoms. The summed E-state index contributed by atoms with van der Waals surface area (Å²) in [4.78, 5) is 16.9. The molecule has 0 aliphatic carbocycles. The molecule has 4 rings (SSSR count). The van der Waals surface area contributed by atoms with Gasteiger partial charge in [-0.3, -0.25) is 9.78 Å². The number of carbonyl (C=O) groups is 1. The monoisotopic (exact) mass is 391 g/mol. The van der Waals surface area contributed by atoms with Gasteiger partial charge in [-0.25, -0.2) is 0 Å². The zero-order chi connectivity index (χ0) is 20.5. The molecule has 0 spiro atoms. The third-order valence-corrected chi connectivity index (χ3v) is 4.75. The Kier molecular flexibility index (Phi) is 4.80. The Morgan fingerprint density at radius 3 is 2.62 bits per heavy atom. The summed E-state index contributed by atoms with van der Waals surface area (Å²) in [6.07, 6.45) is -0.740. The number of fused-ring (bicyclic) bond motifs is 1. The Labute approximate surface area is 168 Å². The number of hydrogen-bond acceptors (Lipinski definition) is 6. The molecule has 1 aromatic heterocycles. The molecule has 0 radical (unpaired) electrons. The largest absolute Gasteiger partial charge is 0.497 e. The molecule has 1 aliphatic heterocycles. The number of benzene rings is 2. The Morgan fingerprint density at radius 2 is 1.90 bits per heavy atom. The van der Waals surface area contributed by atoms with Crippen LogP contribution in [0.5, 0.6) is 11.5 Å². The van der Waals surface area contributed by atoms with Crippen LogP contribution in [0.4, 0.5) is 0 Å². The minimum atomic E-state index is -0.740. The van der Waals surface area contributed by atoms with E-state index in [9.17, 15) is 4.79 Å². The number of para-hydroxylation sites is 1. The maximum absolute atomic E-state index is 12.3. The van der Waals surface area contributed by atoms with Gasteiger partial charge in [-0.1, -0.05) is 18.2 Å². The number of amides is 1. The van der Waals surface area contributed by atoms with Gasteiger partial charge in [0.25, 0.3) is 0 Å². The number of rotatable bonds is 4. The van der Waals surface area contributed by atoms with Gasteiger partial charge >= 0.3 is 0 Å². The standard InChI is InChI=1S/C22H21N3O4/c1-13-11-18(16-7-5-6-8-19(16)23-13)21-24-25(14(2)26)22(29-21)17-10-9-15(27-3)12-20(17)28-4/h5-12,22H,1-4H3/t22-/m0/s1. The van der Waals surface area contributed by atoms with Crippen molar-refractivity contribution in [3.8, 4) is 11.5 Å². The molecule has 0 bridgehead atoms. The Bertz CT molecular complexity index is 1130. The van der Waals surface area contributed by atoms with Crippen molar-refractivity contribution in [1.82, 2.24) is 9.99 Å². The molecule has 7 nitrogen and oxygen atoms in total. The maximum atomic E-state index is 12.3. The minimum absolute atomic E-state index is 0.238. The van der Waals surface area contributed by atoms with E-state index in [0.717, 1.165) is 22.2 Å². The molecule has 1 amide bonds. The number of aromatic nitrogens is 1. The van der Waals surface area contributed by atoms with Gasteiger partial charge in [0, 0.05) is 29.6 Å². The van der Waals surface area contributed by atoms with E-state index in [4.69, 9.17) is 14.2 Å². The fourth-order valence-electron chi connectivity index (χ4n) is 3.38.